The molecule has 0 aliphatic carbocycles. The lowest BCUT2D eigenvalue weighted by Crippen LogP contribution is -2.48. The third-order valence-corrected chi connectivity index (χ3v) is 5.78. The van der Waals surface area contributed by atoms with E-state index in [1.54, 1.807) is 39.0 Å². The Bertz CT molecular complexity index is 1470. The zero-order valence-corrected chi connectivity index (χ0v) is 19.4. The van der Waals surface area contributed by atoms with Crippen LogP contribution in [-0.2, 0) is 10.2 Å². The molecule has 1 aliphatic heterocycles. The first kappa shape index (κ1) is 23.0. The van der Waals surface area contributed by atoms with Crippen LogP contribution in [0, 0.1) is 6.92 Å². The van der Waals surface area contributed by atoms with Gasteiger partial charge in [0, 0.05) is 23.5 Å². The number of pyridine rings is 1. The van der Waals surface area contributed by atoms with Crippen molar-refractivity contribution in [2.45, 2.75) is 26.3 Å². The smallest absolute Gasteiger partial charge is 0.344 e. The van der Waals surface area contributed by atoms with Crippen molar-refractivity contribution in [3.63, 3.8) is 0 Å². The van der Waals surface area contributed by atoms with Crippen molar-refractivity contribution in [1.29, 1.82) is 0 Å². The van der Waals surface area contributed by atoms with Gasteiger partial charge in [0.1, 0.15) is 12.4 Å². The fourth-order valence-corrected chi connectivity index (χ4v) is 4.22. The summed E-state index contributed by atoms with van der Waals surface area (Å²) in [6.45, 7) is 5.32. The molecule has 0 fully saturated rings. The summed E-state index contributed by atoms with van der Waals surface area (Å²) in [4.78, 5) is 29.1. The lowest BCUT2D eigenvalue weighted by Gasteiger charge is -2.27. The molecular formula is C21H23N7O5S. The second-order valence-electron chi connectivity index (χ2n) is 8.37. The Morgan fingerprint density at radius 1 is 1.26 bits per heavy atom. The number of amidine groups is 1. The maximum Gasteiger partial charge on any atom is 0.344 e. The number of aromatic amines is 1. The molecule has 1 aromatic carbocycles. The predicted molar refractivity (Wildman–Crippen MR) is 126 cm³/mol. The van der Waals surface area contributed by atoms with Crippen LogP contribution in [0.4, 0.5) is 5.69 Å². The second-order valence-corrected chi connectivity index (χ2v) is 9.71. The number of anilines is 1. The van der Waals surface area contributed by atoms with E-state index in [2.05, 4.69) is 24.5 Å². The molecule has 178 valence electrons. The highest BCUT2D eigenvalue weighted by molar-refractivity contribution is 7.91. The van der Waals surface area contributed by atoms with Gasteiger partial charge in [-0.1, -0.05) is 6.07 Å². The third kappa shape index (κ3) is 4.78. The Hall–Kier alpha value is -4.13. The number of H-pyrrole nitrogens is 1. The number of carbonyl (C=O) groups is 1. The van der Waals surface area contributed by atoms with Gasteiger partial charge in [0.05, 0.1) is 16.8 Å². The SMILES string of the molecule is Cc1cc(=O)n(-c2cc(C(=O)NC(C)(C)COc3cccc4c3C(N)=NS(=O)(=O)N4)ccn2)[nH]1. The van der Waals surface area contributed by atoms with Crippen molar-refractivity contribution in [1.82, 2.24) is 20.1 Å². The monoisotopic (exact) mass is 485 g/mol. The van der Waals surface area contributed by atoms with Crippen LogP contribution in [0.2, 0.25) is 0 Å². The van der Waals surface area contributed by atoms with Crippen molar-refractivity contribution >= 4 is 27.6 Å². The van der Waals surface area contributed by atoms with Crippen molar-refractivity contribution in [2.24, 2.45) is 10.1 Å². The number of ether oxygens (including phenoxy) is 1. The molecule has 0 saturated heterocycles. The van der Waals surface area contributed by atoms with Crippen LogP contribution in [0.25, 0.3) is 5.82 Å². The minimum atomic E-state index is -3.91. The fourth-order valence-electron chi connectivity index (χ4n) is 3.38. The summed E-state index contributed by atoms with van der Waals surface area (Å²) >= 11 is 0. The number of fused-ring (bicyclic) bond motifs is 1. The molecule has 0 unspecified atom stereocenters. The lowest BCUT2D eigenvalue weighted by molar-refractivity contribution is 0.0880. The van der Waals surface area contributed by atoms with E-state index in [0.717, 1.165) is 0 Å². The zero-order chi connectivity index (χ0) is 24.7. The topological polar surface area (TPSA) is 174 Å². The Morgan fingerprint density at radius 3 is 2.74 bits per heavy atom. The van der Waals surface area contributed by atoms with E-state index in [1.165, 1.54) is 29.1 Å². The molecule has 0 spiro atoms. The average molecular weight is 486 g/mol. The van der Waals surface area contributed by atoms with Gasteiger partial charge in [0.15, 0.2) is 11.7 Å². The normalized spacial score (nSPS) is 14.5. The number of hydrogen-bond donors (Lipinski definition) is 4. The van der Waals surface area contributed by atoms with Crippen LogP contribution in [0.5, 0.6) is 5.75 Å². The van der Waals surface area contributed by atoms with Crippen LogP contribution >= 0.6 is 0 Å². The highest BCUT2D eigenvalue weighted by Crippen LogP contribution is 2.30. The minimum Gasteiger partial charge on any atom is -0.490 e. The maximum atomic E-state index is 12.9. The second kappa shape index (κ2) is 8.33. The molecule has 1 aliphatic rings. The van der Waals surface area contributed by atoms with Gasteiger partial charge in [-0.15, -0.1) is 4.40 Å². The van der Waals surface area contributed by atoms with Gasteiger partial charge in [-0.2, -0.15) is 8.42 Å². The maximum absolute atomic E-state index is 12.9. The molecule has 3 aromatic rings. The minimum absolute atomic E-state index is 0.0441. The van der Waals surface area contributed by atoms with Crippen molar-refractivity contribution < 1.29 is 17.9 Å². The number of nitrogens with zero attached hydrogens (tertiary/aromatic N) is 3. The largest absolute Gasteiger partial charge is 0.490 e. The number of nitrogens with one attached hydrogen (secondary N) is 3. The Kier molecular flexibility index (Phi) is 5.65. The molecular weight excluding hydrogens is 462 g/mol. The number of aryl methyl sites for hydroxylation is 1. The Labute approximate surface area is 195 Å². The zero-order valence-electron chi connectivity index (χ0n) is 18.6. The van der Waals surface area contributed by atoms with E-state index in [1.807, 2.05) is 0 Å². The van der Waals surface area contributed by atoms with Crippen LogP contribution < -0.4 is 26.1 Å². The molecule has 5 N–H and O–H groups in total. The molecule has 1 amide bonds. The van der Waals surface area contributed by atoms with E-state index in [-0.39, 0.29) is 29.5 Å². The van der Waals surface area contributed by atoms with Gasteiger partial charge < -0.3 is 15.8 Å². The van der Waals surface area contributed by atoms with Gasteiger partial charge >= 0.3 is 10.2 Å². The first-order chi connectivity index (χ1) is 15.9. The number of aromatic nitrogens is 3. The molecule has 13 heteroatoms. The summed E-state index contributed by atoms with van der Waals surface area (Å²) < 4.78 is 36.4. The average Bonchev–Trinajstić information content (AvgIpc) is 3.09. The molecule has 12 nitrogen and oxygen atoms in total. The van der Waals surface area contributed by atoms with Crippen molar-refractivity contribution in [3.8, 4) is 11.6 Å². The number of carbonyl (C=O) groups excluding carboxylic acids is 1. The van der Waals surface area contributed by atoms with E-state index in [0.29, 0.717) is 22.6 Å². The lowest BCUT2D eigenvalue weighted by atomic mass is 10.1. The number of nitrogens with two attached hydrogens (primary N) is 1. The molecule has 34 heavy (non-hydrogen) atoms. The number of amides is 1. The number of benzene rings is 1. The molecule has 0 radical (unpaired) electrons. The fraction of sp³-hybridized carbons (Fsp3) is 0.238. The summed E-state index contributed by atoms with van der Waals surface area (Å²) in [5.74, 6) is 0.0203. The Morgan fingerprint density at radius 2 is 2.03 bits per heavy atom. The predicted octanol–water partition coefficient (Wildman–Crippen LogP) is 0.832. The highest BCUT2D eigenvalue weighted by Gasteiger charge is 2.27. The third-order valence-electron chi connectivity index (χ3n) is 4.87. The van der Waals surface area contributed by atoms with Crippen molar-refractivity contribution in [2.75, 3.05) is 11.3 Å². The number of rotatable bonds is 6. The van der Waals surface area contributed by atoms with E-state index < -0.39 is 21.7 Å². The molecule has 2 aromatic heterocycles. The van der Waals surface area contributed by atoms with Crippen LogP contribution in [0.1, 0.15) is 35.5 Å². The summed E-state index contributed by atoms with van der Waals surface area (Å²) in [5.41, 5.74) is 6.28. The van der Waals surface area contributed by atoms with E-state index in [9.17, 15) is 18.0 Å². The van der Waals surface area contributed by atoms with Crippen molar-refractivity contribution in [3.05, 3.63) is 69.8 Å². The molecule has 4 rings (SSSR count). The van der Waals surface area contributed by atoms with Gasteiger partial charge in [0.25, 0.3) is 11.5 Å². The molecule has 3 heterocycles. The van der Waals surface area contributed by atoms with Gasteiger partial charge in [-0.25, -0.2) is 9.67 Å². The Balaban J connectivity index is 1.49. The standard InChI is InChI=1S/C21H23N7O5S/c1-12-9-17(29)28(25-12)16-10-13(7-8-23-16)20(30)24-21(2,3)11-33-15-6-4-5-14-18(15)19(22)27-34(31,32)26-14/h4-10,25-26H,11H2,1-3H3,(H2,22,27)(H,24,30). The first-order valence-corrected chi connectivity index (χ1v) is 11.6. The van der Waals surface area contributed by atoms with E-state index in [4.69, 9.17) is 10.5 Å². The molecule has 0 saturated carbocycles. The van der Waals surface area contributed by atoms with Gasteiger partial charge in [-0.3, -0.25) is 19.4 Å². The van der Waals surface area contributed by atoms with Crippen LogP contribution in [0.3, 0.4) is 0 Å². The highest BCUT2D eigenvalue weighted by atomic mass is 32.2. The van der Waals surface area contributed by atoms with Crippen LogP contribution in [-0.4, -0.2) is 47.1 Å². The van der Waals surface area contributed by atoms with Gasteiger partial charge in [0.2, 0.25) is 0 Å². The van der Waals surface area contributed by atoms with Gasteiger partial charge in [-0.05, 0) is 45.0 Å². The summed E-state index contributed by atoms with van der Waals surface area (Å²) in [6, 6.07) is 9.26. The summed E-state index contributed by atoms with van der Waals surface area (Å²) in [6.07, 6.45) is 1.44. The summed E-state index contributed by atoms with van der Waals surface area (Å²) in [5, 5.41) is 5.76. The molecule has 0 atom stereocenters. The first-order valence-electron chi connectivity index (χ1n) is 10.2. The van der Waals surface area contributed by atoms with E-state index >= 15 is 0 Å². The quantitative estimate of drug-likeness (QED) is 0.400. The number of hydrogen-bond acceptors (Lipinski definition) is 7. The summed E-state index contributed by atoms with van der Waals surface area (Å²) in [7, 11) is -3.91. The molecule has 0 bridgehead atoms. The van der Waals surface area contributed by atoms with Crippen LogP contribution in [0.15, 0.2) is 51.8 Å².